The first-order valence-corrected chi connectivity index (χ1v) is 6.67. The van der Waals surface area contributed by atoms with Crippen molar-refractivity contribution in [2.24, 2.45) is 5.73 Å². The van der Waals surface area contributed by atoms with Gasteiger partial charge in [0.1, 0.15) is 6.54 Å². The maximum absolute atomic E-state index is 12.1. The average Bonchev–Trinajstić information content (AvgIpc) is 2.41. The molecule has 0 spiro atoms. The Morgan fingerprint density at radius 1 is 1.29 bits per heavy atom. The summed E-state index contributed by atoms with van der Waals surface area (Å²) < 4.78 is 36.2. The lowest BCUT2D eigenvalue weighted by atomic mass is 10.2. The van der Waals surface area contributed by atoms with Crippen LogP contribution in [0.1, 0.15) is 12.0 Å². The van der Waals surface area contributed by atoms with Crippen LogP contribution in [0.15, 0.2) is 24.3 Å². The maximum atomic E-state index is 12.1. The van der Waals surface area contributed by atoms with Crippen molar-refractivity contribution in [3.05, 3.63) is 29.8 Å². The number of nitrogens with one attached hydrogen (secondary N) is 1. The van der Waals surface area contributed by atoms with Gasteiger partial charge in [0.05, 0.1) is 6.54 Å². The largest absolute Gasteiger partial charge is 0.405 e. The molecule has 0 aliphatic carbocycles. The van der Waals surface area contributed by atoms with E-state index < -0.39 is 18.6 Å². The van der Waals surface area contributed by atoms with Gasteiger partial charge in [-0.25, -0.2) is 0 Å². The SMILES string of the molecule is Cc1ccc(N(CCCN)CC(=O)NCC(F)(F)F)cc1. The van der Waals surface area contributed by atoms with Crippen LogP contribution in [0.2, 0.25) is 0 Å². The van der Waals surface area contributed by atoms with Crippen LogP contribution in [0.5, 0.6) is 0 Å². The summed E-state index contributed by atoms with van der Waals surface area (Å²) >= 11 is 0. The topological polar surface area (TPSA) is 58.4 Å². The highest BCUT2D eigenvalue weighted by molar-refractivity contribution is 5.81. The molecule has 0 aromatic heterocycles. The minimum Gasteiger partial charge on any atom is -0.362 e. The molecule has 3 N–H and O–H groups in total. The van der Waals surface area contributed by atoms with Crippen molar-refractivity contribution in [3.8, 4) is 0 Å². The summed E-state index contributed by atoms with van der Waals surface area (Å²) in [7, 11) is 0. The minimum absolute atomic E-state index is 0.126. The van der Waals surface area contributed by atoms with Crippen LogP contribution in [0.3, 0.4) is 0 Å². The summed E-state index contributed by atoms with van der Waals surface area (Å²) in [4.78, 5) is 13.3. The van der Waals surface area contributed by atoms with Crippen LogP contribution in [0.25, 0.3) is 0 Å². The molecule has 1 aromatic carbocycles. The molecule has 118 valence electrons. The van der Waals surface area contributed by atoms with Crippen molar-refractivity contribution in [3.63, 3.8) is 0 Å². The van der Waals surface area contributed by atoms with E-state index in [1.54, 1.807) is 4.90 Å². The molecule has 7 heteroatoms. The van der Waals surface area contributed by atoms with Gasteiger partial charge < -0.3 is 16.0 Å². The van der Waals surface area contributed by atoms with E-state index in [0.717, 1.165) is 11.3 Å². The smallest absolute Gasteiger partial charge is 0.362 e. The first-order valence-electron chi connectivity index (χ1n) is 6.67. The second kappa shape index (κ2) is 7.87. The summed E-state index contributed by atoms with van der Waals surface area (Å²) in [5.74, 6) is -0.662. The van der Waals surface area contributed by atoms with Gasteiger partial charge in [-0.2, -0.15) is 13.2 Å². The average molecular weight is 303 g/mol. The standard InChI is InChI=1S/C14H20F3N3O/c1-11-3-5-12(6-4-11)20(8-2-7-18)9-13(21)19-10-14(15,16)17/h3-6H,2,7-10,18H2,1H3,(H,19,21). The van der Waals surface area contributed by atoms with Crippen LogP contribution in [-0.2, 0) is 4.79 Å². The lowest BCUT2D eigenvalue weighted by molar-refractivity contribution is -0.137. The number of carbonyl (C=O) groups excluding carboxylic acids is 1. The summed E-state index contributed by atoms with van der Waals surface area (Å²) in [6.45, 7) is 1.46. The van der Waals surface area contributed by atoms with Gasteiger partial charge in [-0.3, -0.25) is 4.79 Å². The van der Waals surface area contributed by atoms with Crippen molar-refractivity contribution in [1.29, 1.82) is 0 Å². The second-order valence-electron chi connectivity index (χ2n) is 4.79. The first-order chi connectivity index (χ1) is 9.81. The van der Waals surface area contributed by atoms with Crippen molar-refractivity contribution >= 4 is 11.6 Å². The van der Waals surface area contributed by atoms with E-state index >= 15 is 0 Å². The molecule has 1 amide bonds. The summed E-state index contributed by atoms with van der Waals surface area (Å²) in [5, 5.41) is 1.87. The van der Waals surface area contributed by atoms with Gasteiger partial charge in [0.2, 0.25) is 5.91 Å². The molecule has 0 radical (unpaired) electrons. The Bertz CT molecular complexity index is 446. The first kappa shape index (κ1) is 17.3. The second-order valence-corrected chi connectivity index (χ2v) is 4.79. The van der Waals surface area contributed by atoms with E-state index in [4.69, 9.17) is 5.73 Å². The van der Waals surface area contributed by atoms with E-state index in [1.165, 1.54) is 0 Å². The van der Waals surface area contributed by atoms with Gasteiger partial charge in [-0.05, 0) is 32.0 Å². The van der Waals surface area contributed by atoms with Crippen molar-refractivity contribution in [2.75, 3.05) is 31.1 Å². The molecule has 21 heavy (non-hydrogen) atoms. The van der Waals surface area contributed by atoms with E-state index in [-0.39, 0.29) is 6.54 Å². The number of nitrogens with two attached hydrogens (primary N) is 1. The Kier molecular flexibility index (Phi) is 6.48. The Morgan fingerprint density at radius 2 is 1.90 bits per heavy atom. The molecule has 4 nitrogen and oxygen atoms in total. The number of alkyl halides is 3. The Balaban J connectivity index is 2.65. The summed E-state index contributed by atoms with van der Waals surface area (Å²) in [6.07, 6.45) is -3.75. The third-order valence-corrected chi connectivity index (χ3v) is 2.85. The number of amides is 1. The molecule has 0 saturated carbocycles. The number of nitrogens with zero attached hydrogens (tertiary/aromatic N) is 1. The fraction of sp³-hybridized carbons (Fsp3) is 0.500. The Morgan fingerprint density at radius 3 is 2.43 bits per heavy atom. The van der Waals surface area contributed by atoms with Crippen molar-refractivity contribution in [2.45, 2.75) is 19.5 Å². The van der Waals surface area contributed by atoms with Crippen molar-refractivity contribution in [1.82, 2.24) is 5.32 Å². The van der Waals surface area contributed by atoms with Gasteiger partial charge in [0.25, 0.3) is 0 Å². The highest BCUT2D eigenvalue weighted by Gasteiger charge is 2.27. The Labute approximate surface area is 122 Å². The molecular weight excluding hydrogens is 283 g/mol. The Hall–Kier alpha value is -1.76. The van der Waals surface area contributed by atoms with Crippen LogP contribution >= 0.6 is 0 Å². The van der Waals surface area contributed by atoms with Gasteiger partial charge in [-0.1, -0.05) is 17.7 Å². The molecule has 0 unspecified atom stereocenters. The maximum Gasteiger partial charge on any atom is 0.405 e. The van der Waals surface area contributed by atoms with Crippen LogP contribution in [0, 0.1) is 6.92 Å². The molecule has 0 saturated heterocycles. The number of carbonyl (C=O) groups is 1. The van der Waals surface area contributed by atoms with Crippen LogP contribution in [-0.4, -0.2) is 38.3 Å². The van der Waals surface area contributed by atoms with Gasteiger partial charge in [0, 0.05) is 12.2 Å². The predicted octanol–water partition coefficient (Wildman–Crippen LogP) is 1.83. The van der Waals surface area contributed by atoms with Crippen LogP contribution < -0.4 is 16.0 Å². The number of benzene rings is 1. The third-order valence-electron chi connectivity index (χ3n) is 2.85. The fourth-order valence-electron chi connectivity index (χ4n) is 1.77. The molecule has 0 aliphatic heterocycles. The monoisotopic (exact) mass is 303 g/mol. The lowest BCUT2D eigenvalue weighted by Crippen LogP contribution is -2.41. The third kappa shape index (κ3) is 6.99. The molecular formula is C14H20F3N3O. The van der Waals surface area contributed by atoms with Crippen LogP contribution in [0.4, 0.5) is 18.9 Å². The fourth-order valence-corrected chi connectivity index (χ4v) is 1.77. The lowest BCUT2D eigenvalue weighted by Gasteiger charge is -2.24. The number of rotatable bonds is 7. The number of hydrogen-bond acceptors (Lipinski definition) is 3. The molecule has 0 atom stereocenters. The zero-order valence-electron chi connectivity index (χ0n) is 11.9. The van der Waals surface area contributed by atoms with E-state index in [0.29, 0.717) is 19.5 Å². The highest BCUT2D eigenvalue weighted by Crippen LogP contribution is 2.16. The van der Waals surface area contributed by atoms with Crippen molar-refractivity contribution < 1.29 is 18.0 Å². The number of halogens is 3. The number of anilines is 1. The van der Waals surface area contributed by atoms with E-state index in [2.05, 4.69) is 0 Å². The molecule has 0 bridgehead atoms. The molecule has 0 fully saturated rings. The van der Waals surface area contributed by atoms with E-state index in [1.807, 2.05) is 36.5 Å². The number of aryl methyl sites for hydroxylation is 1. The molecule has 1 rings (SSSR count). The summed E-state index contributed by atoms with van der Waals surface area (Å²) in [6, 6.07) is 7.45. The molecule has 0 heterocycles. The van der Waals surface area contributed by atoms with Gasteiger partial charge >= 0.3 is 6.18 Å². The number of hydrogen-bond donors (Lipinski definition) is 2. The van der Waals surface area contributed by atoms with Gasteiger partial charge in [-0.15, -0.1) is 0 Å². The normalized spacial score (nSPS) is 11.3. The highest BCUT2D eigenvalue weighted by atomic mass is 19.4. The summed E-state index contributed by atoms with van der Waals surface area (Å²) in [5.41, 5.74) is 7.31. The van der Waals surface area contributed by atoms with E-state index in [9.17, 15) is 18.0 Å². The zero-order valence-corrected chi connectivity index (χ0v) is 11.9. The predicted molar refractivity (Wildman–Crippen MR) is 76.1 cm³/mol. The zero-order chi connectivity index (χ0) is 15.9. The molecule has 0 aliphatic rings. The molecule has 1 aromatic rings. The quantitative estimate of drug-likeness (QED) is 0.808. The van der Waals surface area contributed by atoms with Gasteiger partial charge in [0.15, 0.2) is 0 Å². The minimum atomic E-state index is -4.40.